The minimum Gasteiger partial charge on any atom is -0.454 e. The highest BCUT2D eigenvalue weighted by atomic mass is 32.1. The Balaban J connectivity index is 1.07. The van der Waals surface area contributed by atoms with Crippen molar-refractivity contribution >= 4 is 117 Å². The van der Waals surface area contributed by atoms with Crippen molar-refractivity contribution in [2.24, 2.45) is 0 Å². The number of nitrogens with zero attached hydrogens (tertiary/aromatic N) is 3. The van der Waals surface area contributed by atoms with Gasteiger partial charge in [0.25, 0.3) is 6.71 Å². The van der Waals surface area contributed by atoms with Crippen LogP contribution in [0.2, 0.25) is 0 Å². The highest BCUT2D eigenvalue weighted by molar-refractivity contribution is 7.33. The minimum absolute atomic E-state index is 0.0837. The fourth-order valence-electron chi connectivity index (χ4n) is 13.5. The molecule has 0 saturated carbocycles. The lowest BCUT2D eigenvalue weighted by atomic mass is 9.36. The standard InChI is InChI=1S/C82H64BN3OS/c1-81(2,3)59-39-42-61(43-40-59)84(69-35-21-19-32-63(69)55-28-15-9-16-29-55)62-44-45-68-72(52-62)85(70-46-41-60(82(4,5)6)51-66(70)56-30-17-10-18-31-56)73-49-58(54-26-13-8-14-27-54)50-74-77(73)83(68)80-78(67-48-57(38-47-76(67)88-80)53-24-11-7-12-25-53)86(74)71-36-23-34-65-64-33-20-22-37-75(64)87-79(65)71/h7-52H,1-6H3/i8D,13D,14D,26D,27D. The fourth-order valence-corrected chi connectivity index (χ4v) is 14.8. The normalized spacial score (nSPS) is 13.6. The first-order valence-corrected chi connectivity index (χ1v) is 31.1. The van der Waals surface area contributed by atoms with Crippen molar-refractivity contribution in [3.05, 3.63) is 290 Å². The summed E-state index contributed by atoms with van der Waals surface area (Å²) >= 11 is 1.80. The van der Waals surface area contributed by atoms with Gasteiger partial charge in [-0.2, -0.15) is 0 Å². The molecule has 2 aromatic heterocycles. The number of hydrogen-bond donors (Lipinski definition) is 0. The van der Waals surface area contributed by atoms with Crippen LogP contribution in [0.3, 0.4) is 0 Å². The third kappa shape index (κ3) is 8.88. The van der Waals surface area contributed by atoms with Crippen molar-refractivity contribution in [3.8, 4) is 44.5 Å². The largest absolute Gasteiger partial charge is 0.454 e. The van der Waals surface area contributed by atoms with Gasteiger partial charge in [-0.15, -0.1) is 11.3 Å². The summed E-state index contributed by atoms with van der Waals surface area (Å²) < 4.78 is 56.3. The second kappa shape index (κ2) is 20.8. The van der Waals surface area contributed by atoms with Crippen molar-refractivity contribution < 1.29 is 11.3 Å². The number of thiophene rings is 1. The number of furan rings is 1. The Kier molecular flexibility index (Phi) is 11.3. The highest BCUT2D eigenvalue weighted by Gasteiger charge is 2.47. The maximum absolute atomic E-state index is 9.79. The molecule has 0 spiro atoms. The molecule has 0 aliphatic carbocycles. The van der Waals surface area contributed by atoms with E-state index in [4.69, 9.17) is 5.79 Å². The zero-order chi connectivity index (χ0) is 63.8. The third-order valence-corrected chi connectivity index (χ3v) is 19.1. The van der Waals surface area contributed by atoms with Crippen LogP contribution >= 0.6 is 11.3 Å². The summed E-state index contributed by atoms with van der Waals surface area (Å²) in [7, 11) is 0. The average molecular weight is 1160 g/mol. The molecule has 0 N–H and O–H groups in total. The summed E-state index contributed by atoms with van der Waals surface area (Å²) in [6.45, 7) is 13.1. The second-order valence-corrected chi connectivity index (χ2v) is 26.4. The Morgan fingerprint density at radius 3 is 1.77 bits per heavy atom. The molecule has 2 aliphatic rings. The molecule has 0 bridgehead atoms. The van der Waals surface area contributed by atoms with Gasteiger partial charge in [-0.05, 0) is 145 Å². The predicted molar refractivity (Wildman–Crippen MR) is 377 cm³/mol. The molecule has 0 amide bonds. The summed E-state index contributed by atoms with van der Waals surface area (Å²) in [6, 6.07) is 87.0. The molecule has 0 saturated heterocycles. The number of para-hydroxylation sites is 3. The van der Waals surface area contributed by atoms with E-state index in [1.165, 1.54) is 11.1 Å². The predicted octanol–water partition coefficient (Wildman–Crippen LogP) is 21.6. The molecule has 4 heterocycles. The molecule has 2 aliphatic heterocycles. The summed E-state index contributed by atoms with van der Waals surface area (Å²) in [6.07, 6.45) is 0. The molecule has 0 unspecified atom stereocenters. The van der Waals surface area contributed by atoms with Crippen molar-refractivity contribution in [3.63, 3.8) is 0 Å². The van der Waals surface area contributed by atoms with E-state index in [0.717, 1.165) is 127 Å². The lowest BCUT2D eigenvalue weighted by Gasteiger charge is -2.44. The van der Waals surface area contributed by atoms with Crippen molar-refractivity contribution in [1.82, 2.24) is 0 Å². The first-order valence-electron chi connectivity index (χ1n) is 32.8. The van der Waals surface area contributed by atoms with E-state index in [0.29, 0.717) is 11.1 Å². The molecule has 6 heteroatoms. The number of benzene rings is 12. The van der Waals surface area contributed by atoms with E-state index < -0.39 is 18.1 Å². The van der Waals surface area contributed by atoms with Gasteiger partial charge in [0, 0.05) is 65.2 Å². The number of anilines is 9. The lowest BCUT2D eigenvalue weighted by molar-refractivity contribution is 0.590. The van der Waals surface area contributed by atoms with Crippen LogP contribution < -0.4 is 30.4 Å². The topological polar surface area (TPSA) is 22.9 Å². The van der Waals surface area contributed by atoms with Gasteiger partial charge in [0.2, 0.25) is 0 Å². The van der Waals surface area contributed by atoms with Gasteiger partial charge in [-0.25, -0.2) is 0 Å². The van der Waals surface area contributed by atoms with Crippen molar-refractivity contribution in [2.45, 2.75) is 52.4 Å². The van der Waals surface area contributed by atoms with Crippen molar-refractivity contribution in [2.75, 3.05) is 14.7 Å². The third-order valence-electron chi connectivity index (χ3n) is 17.8. The van der Waals surface area contributed by atoms with E-state index in [1.807, 2.05) is 24.3 Å². The van der Waals surface area contributed by atoms with E-state index in [2.05, 4.69) is 281 Å². The first-order chi connectivity index (χ1) is 45.0. The van der Waals surface area contributed by atoms with Gasteiger partial charge in [0.05, 0.1) is 29.6 Å². The van der Waals surface area contributed by atoms with Crippen LogP contribution in [0.4, 0.5) is 51.2 Å². The molecular weight excluding hydrogens is 1090 g/mol. The van der Waals surface area contributed by atoms with Gasteiger partial charge < -0.3 is 19.1 Å². The summed E-state index contributed by atoms with van der Waals surface area (Å²) in [4.78, 5) is 7.17. The molecule has 4 nitrogen and oxygen atoms in total. The highest BCUT2D eigenvalue weighted by Crippen LogP contribution is 2.54. The minimum atomic E-state index is -0.448. The quantitative estimate of drug-likeness (QED) is 0.134. The summed E-state index contributed by atoms with van der Waals surface area (Å²) in [5.41, 5.74) is 20.8. The van der Waals surface area contributed by atoms with Gasteiger partial charge in [0.15, 0.2) is 5.58 Å². The molecule has 0 atom stereocenters. The SMILES string of the molecule is [2H]c1c([2H])c([2H])c(-c2cc3c4c(c2)N(c2cccc5c2oc2ccccc25)c2c(sc5ccc(-c6ccccc6)cc25)B4c2ccc(N(c4ccc(C(C)(C)C)cc4)c4ccccc4-c4ccccc4)cc2N3c2ccc(C(C)(C)C)cc2-c2ccccc2)c([2H])c1[2H]. The Morgan fingerprint density at radius 1 is 0.420 bits per heavy atom. The van der Waals surface area contributed by atoms with Crippen LogP contribution in [-0.4, -0.2) is 6.71 Å². The van der Waals surface area contributed by atoms with E-state index >= 15 is 0 Å². The molecule has 16 rings (SSSR count). The fraction of sp³-hybridized carbons (Fsp3) is 0.0976. The Hall–Kier alpha value is -10.1. The molecule has 422 valence electrons. The van der Waals surface area contributed by atoms with Gasteiger partial charge in [-0.1, -0.05) is 242 Å². The molecule has 12 aromatic carbocycles. The zero-order valence-corrected chi connectivity index (χ0v) is 50.7. The zero-order valence-electron chi connectivity index (χ0n) is 54.9. The van der Waals surface area contributed by atoms with Crippen molar-refractivity contribution in [1.29, 1.82) is 0 Å². The van der Waals surface area contributed by atoms with Crippen LogP contribution in [0.25, 0.3) is 76.5 Å². The summed E-state index contributed by atoms with van der Waals surface area (Å²) in [5.74, 6) is 0. The number of fused-ring (bicyclic) bond motifs is 9. The van der Waals surface area contributed by atoms with Crippen LogP contribution in [0.1, 0.15) is 59.5 Å². The summed E-state index contributed by atoms with van der Waals surface area (Å²) in [5, 5.41) is 3.01. The smallest absolute Gasteiger partial charge is 0.264 e. The number of hydrogen-bond acceptors (Lipinski definition) is 5. The van der Waals surface area contributed by atoms with Crippen LogP contribution in [-0.2, 0) is 10.8 Å². The van der Waals surface area contributed by atoms with Crippen LogP contribution in [0, 0.1) is 0 Å². The molecule has 88 heavy (non-hydrogen) atoms. The lowest BCUT2D eigenvalue weighted by Crippen LogP contribution is -2.60. The average Bonchev–Trinajstić information content (AvgIpc) is 1.68. The maximum Gasteiger partial charge on any atom is 0.264 e. The number of rotatable bonds is 9. The molecule has 0 fully saturated rings. The van der Waals surface area contributed by atoms with Crippen LogP contribution in [0.5, 0.6) is 0 Å². The maximum atomic E-state index is 9.79. The van der Waals surface area contributed by atoms with E-state index in [9.17, 15) is 5.48 Å². The van der Waals surface area contributed by atoms with Gasteiger partial charge >= 0.3 is 0 Å². The van der Waals surface area contributed by atoms with Gasteiger partial charge in [0.1, 0.15) is 5.58 Å². The molecular formula is C82H64BN3OS. The van der Waals surface area contributed by atoms with E-state index in [-0.39, 0.29) is 35.2 Å². The second-order valence-electron chi connectivity index (χ2n) is 25.3. The Labute approximate surface area is 527 Å². The molecule has 14 aromatic rings. The van der Waals surface area contributed by atoms with E-state index in [1.54, 1.807) is 11.3 Å². The molecule has 0 radical (unpaired) electrons. The van der Waals surface area contributed by atoms with Gasteiger partial charge in [-0.3, -0.25) is 0 Å². The first kappa shape index (κ1) is 48.0. The Morgan fingerprint density at radius 2 is 1.05 bits per heavy atom. The monoisotopic (exact) mass is 1150 g/mol. The van der Waals surface area contributed by atoms with Crippen LogP contribution in [0.15, 0.2) is 283 Å². The Bertz CT molecular complexity index is 5300.